The lowest BCUT2D eigenvalue weighted by atomic mass is 10.4. The third-order valence-corrected chi connectivity index (χ3v) is 3.33. The fourth-order valence-corrected chi connectivity index (χ4v) is 1.94. The Kier molecular flexibility index (Phi) is 3.83. The van der Waals surface area contributed by atoms with E-state index < -0.39 is 17.3 Å². The van der Waals surface area contributed by atoms with Crippen LogP contribution in [-0.4, -0.2) is 38.0 Å². The normalized spacial score (nSPS) is 12.7. The monoisotopic (exact) mass is 264 g/mol. The minimum Gasteiger partial charge on any atom is -0.316 e. The first-order valence-electron chi connectivity index (χ1n) is 4.40. The summed E-state index contributed by atoms with van der Waals surface area (Å²) in [4.78, 5) is 7.86. The summed E-state index contributed by atoms with van der Waals surface area (Å²) in [6.45, 7) is 2.92. The molecule has 0 fully saturated rings. The predicted octanol–water partition coefficient (Wildman–Crippen LogP) is 0.201. The molecule has 0 aliphatic heterocycles. The summed E-state index contributed by atoms with van der Waals surface area (Å²) < 4.78 is 37.8. The van der Waals surface area contributed by atoms with Crippen LogP contribution in [0.15, 0.2) is 12.3 Å². The van der Waals surface area contributed by atoms with Gasteiger partial charge < -0.3 is 4.57 Å². The van der Waals surface area contributed by atoms with Gasteiger partial charge in [-0.05, 0) is 19.4 Å². The van der Waals surface area contributed by atoms with E-state index in [1.807, 2.05) is 0 Å². The van der Waals surface area contributed by atoms with Crippen LogP contribution in [0, 0.1) is 0 Å². The molecule has 0 spiro atoms. The van der Waals surface area contributed by atoms with E-state index in [9.17, 15) is 13.0 Å². The van der Waals surface area contributed by atoms with Gasteiger partial charge in [0, 0.05) is 6.20 Å². The molecule has 0 bridgehead atoms. The highest BCUT2D eigenvalue weighted by Crippen LogP contribution is 2.32. The zero-order valence-electron chi connectivity index (χ0n) is 9.24. The quantitative estimate of drug-likeness (QED) is 0.570. The molecule has 90 valence electrons. The van der Waals surface area contributed by atoms with Gasteiger partial charge in [0.25, 0.3) is 10.1 Å². The Balaban J connectivity index is 2.88. The SMILES string of the molecule is CP(C)(=O)c1nccc(COS(C)(=O)=O)n1. The minimum absolute atomic E-state index is 0.172. The smallest absolute Gasteiger partial charge is 0.264 e. The van der Waals surface area contributed by atoms with Crippen LogP contribution in [0.5, 0.6) is 0 Å². The van der Waals surface area contributed by atoms with Crippen LogP contribution in [0.2, 0.25) is 0 Å². The molecule has 0 aromatic carbocycles. The van der Waals surface area contributed by atoms with Crippen molar-refractivity contribution >= 4 is 22.8 Å². The third-order valence-electron chi connectivity index (χ3n) is 1.60. The van der Waals surface area contributed by atoms with Crippen LogP contribution in [0.4, 0.5) is 0 Å². The van der Waals surface area contributed by atoms with Crippen molar-refractivity contribution in [2.45, 2.75) is 6.61 Å². The van der Waals surface area contributed by atoms with E-state index >= 15 is 0 Å². The fraction of sp³-hybridized carbons (Fsp3) is 0.500. The van der Waals surface area contributed by atoms with Crippen molar-refractivity contribution in [2.24, 2.45) is 0 Å². The highest BCUT2D eigenvalue weighted by Gasteiger charge is 2.15. The van der Waals surface area contributed by atoms with Gasteiger partial charge in [-0.1, -0.05) is 0 Å². The molecule has 1 aromatic rings. The average molecular weight is 264 g/mol. The minimum atomic E-state index is -3.50. The van der Waals surface area contributed by atoms with E-state index in [2.05, 4.69) is 14.2 Å². The van der Waals surface area contributed by atoms with E-state index in [4.69, 9.17) is 0 Å². The Labute approximate surface area is 94.6 Å². The topological polar surface area (TPSA) is 86.2 Å². The van der Waals surface area contributed by atoms with Crippen molar-refractivity contribution in [3.05, 3.63) is 18.0 Å². The number of hydrogen-bond acceptors (Lipinski definition) is 6. The molecule has 8 heteroatoms. The molecule has 16 heavy (non-hydrogen) atoms. The molecule has 0 atom stereocenters. The number of aromatic nitrogens is 2. The molecule has 0 aliphatic rings. The van der Waals surface area contributed by atoms with Gasteiger partial charge in [-0.25, -0.2) is 9.97 Å². The van der Waals surface area contributed by atoms with Crippen LogP contribution >= 0.6 is 7.14 Å². The zero-order valence-corrected chi connectivity index (χ0v) is 11.0. The third kappa shape index (κ3) is 4.38. The molecule has 0 amide bonds. The maximum Gasteiger partial charge on any atom is 0.264 e. The summed E-state index contributed by atoms with van der Waals surface area (Å²) in [6, 6.07) is 1.52. The summed E-state index contributed by atoms with van der Waals surface area (Å²) in [5.41, 5.74) is 0.612. The van der Waals surface area contributed by atoms with Crippen molar-refractivity contribution in [2.75, 3.05) is 19.6 Å². The van der Waals surface area contributed by atoms with Gasteiger partial charge in [-0.2, -0.15) is 8.42 Å². The van der Waals surface area contributed by atoms with Gasteiger partial charge in [0.05, 0.1) is 11.9 Å². The maximum atomic E-state index is 11.7. The predicted molar refractivity (Wildman–Crippen MR) is 60.8 cm³/mol. The van der Waals surface area contributed by atoms with Gasteiger partial charge in [0.1, 0.15) is 13.7 Å². The first kappa shape index (κ1) is 13.3. The van der Waals surface area contributed by atoms with Gasteiger partial charge in [-0.15, -0.1) is 0 Å². The largest absolute Gasteiger partial charge is 0.316 e. The number of rotatable bonds is 4. The lowest BCUT2D eigenvalue weighted by molar-refractivity contribution is 0.307. The summed E-state index contributed by atoms with van der Waals surface area (Å²) in [6.07, 6.45) is 2.39. The van der Waals surface area contributed by atoms with Crippen LogP contribution in [-0.2, 0) is 25.5 Å². The summed E-state index contributed by atoms with van der Waals surface area (Å²) in [5, 5.41) is 0. The summed E-state index contributed by atoms with van der Waals surface area (Å²) >= 11 is 0. The molecular formula is C8H13N2O4PS. The molecule has 1 heterocycles. The van der Waals surface area contributed by atoms with Crippen LogP contribution < -0.4 is 5.57 Å². The molecule has 1 aromatic heterocycles. The van der Waals surface area contributed by atoms with Gasteiger partial charge in [0.15, 0.2) is 5.57 Å². The van der Waals surface area contributed by atoms with Crippen molar-refractivity contribution in [1.82, 2.24) is 9.97 Å². The van der Waals surface area contributed by atoms with Crippen molar-refractivity contribution in [1.29, 1.82) is 0 Å². The second-order valence-electron chi connectivity index (χ2n) is 3.67. The van der Waals surface area contributed by atoms with Crippen molar-refractivity contribution < 1.29 is 17.2 Å². The standard InChI is InChI=1S/C8H13N2O4PS/c1-15(2,11)8-9-5-4-7(10-8)6-14-16(3,12)13/h4-5H,6H2,1-3H3. The van der Waals surface area contributed by atoms with Gasteiger partial charge >= 0.3 is 0 Å². The molecular weight excluding hydrogens is 251 g/mol. The average Bonchev–Trinajstić information content (AvgIpc) is 2.13. The molecule has 0 aliphatic carbocycles. The molecule has 0 radical (unpaired) electrons. The molecule has 0 N–H and O–H groups in total. The summed E-state index contributed by atoms with van der Waals surface area (Å²) in [7, 11) is -6.04. The Morgan fingerprint density at radius 3 is 2.56 bits per heavy atom. The van der Waals surface area contributed by atoms with E-state index in [1.165, 1.54) is 12.3 Å². The second-order valence-corrected chi connectivity index (χ2v) is 8.41. The molecule has 6 nitrogen and oxygen atoms in total. The van der Waals surface area contributed by atoms with Crippen molar-refractivity contribution in [3.63, 3.8) is 0 Å². The first-order valence-corrected chi connectivity index (χ1v) is 8.82. The highest BCUT2D eigenvalue weighted by molar-refractivity contribution is 7.85. The number of nitrogens with zero attached hydrogens (tertiary/aromatic N) is 2. The van der Waals surface area contributed by atoms with E-state index in [-0.39, 0.29) is 12.2 Å². The fourth-order valence-electron chi connectivity index (χ4n) is 0.892. The Morgan fingerprint density at radius 2 is 2.06 bits per heavy atom. The first-order chi connectivity index (χ1) is 7.18. The highest BCUT2D eigenvalue weighted by atomic mass is 32.2. The summed E-state index contributed by atoms with van der Waals surface area (Å²) in [5.74, 6) is 0. The van der Waals surface area contributed by atoms with E-state index in [0.29, 0.717) is 5.69 Å². The van der Waals surface area contributed by atoms with Crippen LogP contribution in [0.3, 0.4) is 0 Å². The van der Waals surface area contributed by atoms with Gasteiger partial charge in [0.2, 0.25) is 0 Å². The Hall–Kier alpha value is -0.780. The zero-order chi connectivity index (χ0) is 12.4. The van der Waals surface area contributed by atoms with E-state index in [0.717, 1.165) is 6.26 Å². The Bertz CT molecular complexity index is 523. The lowest BCUT2D eigenvalue weighted by Gasteiger charge is -2.06. The maximum absolute atomic E-state index is 11.7. The molecule has 1 rings (SSSR count). The molecule has 0 saturated heterocycles. The van der Waals surface area contributed by atoms with Crippen LogP contribution in [0.25, 0.3) is 0 Å². The second kappa shape index (κ2) is 4.61. The Morgan fingerprint density at radius 1 is 1.44 bits per heavy atom. The molecule has 0 unspecified atom stereocenters. The molecule has 0 saturated carbocycles. The van der Waals surface area contributed by atoms with E-state index in [1.54, 1.807) is 13.3 Å². The van der Waals surface area contributed by atoms with Gasteiger partial charge in [-0.3, -0.25) is 4.18 Å². The lowest BCUT2D eigenvalue weighted by Crippen LogP contribution is -2.15. The van der Waals surface area contributed by atoms with Crippen molar-refractivity contribution in [3.8, 4) is 0 Å². The van der Waals surface area contributed by atoms with Crippen LogP contribution in [0.1, 0.15) is 5.69 Å². The number of hydrogen-bond donors (Lipinski definition) is 0.